The molecule has 0 radical (unpaired) electrons. The Morgan fingerprint density at radius 2 is 0.925 bits per heavy atom. The number of phenolic OH excluding ortho intramolecular Hbond substituents is 3. The fraction of sp³-hybridized carbons (Fsp3) is 0.235. The van der Waals surface area contributed by atoms with Crippen molar-refractivity contribution in [2.75, 3.05) is 0 Å². The van der Waals surface area contributed by atoms with Crippen LogP contribution >= 0.6 is 0 Å². The third-order valence-corrected chi connectivity index (χ3v) is 11.5. The minimum Gasteiger partial charge on any atom is -0.508 e. The van der Waals surface area contributed by atoms with Gasteiger partial charge in [0.1, 0.15) is 51.8 Å². The van der Waals surface area contributed by atoms with Gasteiger partial charge in [0, 0.05) is 33.9 Å². The normalized spacial score (nSPS) is 15.6. The number of benzene rings is 6. The monoisotopic (exact) mass is 1080 g/mol. The number of Topliss-reactive ketones (excluding diaryl/α,β-unsaturated/α-hetero) is 4. The standard InChI is InChI=1S/2C17H13NO4.C14H13NO2.CO2.CH4.CH3.W/c2*19-10-2-4-12-9(7-10)1-6-15-16(12)17(18-22-15)13-5-3-11(20)8-14(13)21;1-2-3-12-14-11-6-5-10(16)8-9(11)4-7-13(14)17-15-12;2-1-3;;;/h2*1-2,4,6-7,13,19H,3,5,8H2;4-8,16H,2-3H2,1H3;;1H4;1H3;/q;;;;;-1;. The molecule has 0 amide bonds. The van der Waals surface area contributed by atoms with Gasteiger partial charge in [-0.3, -0.25) is 19.2 Å². The second-order valence-corrected chi connectivity index (χ2v) is 15.7. The van der Waals surface area contributed by atoms with Crippen molar-refractivity contribution in [2.24, 2.45) is 0 Å². The van der Waals surface area contributed by atoms with Gasteiger partial charge < -0.3 is 36.3 Å². The molecule has 0 aliphatic heterocycles. The average Bonchev–Trinajstić information content (AvgIpc) is 4.02. The van der Waals surface area contributed by atoms with Crippen LogP contribution in [0, 0.1) is 7.43 Å². The molecule has 16 heteroatoms. The van der Waals surface area contributed by atoms with E-state index in [1.807, 2.05) is 30.3 Å². The number of carbonyl (C=O) groups excluding carboxylic acids is 6. The van der Waals surface area contributed by atoms with Crippen LogP contribution in [0.2, 0.25) is 0 Å². The van der Waals surface area contributed by atoms with Crippen LogP contribution in [0.5, 0.6) is 17.2 Å². The minimum atomic E-state index is -0.390. The molecule has 3 N–H and O–H groups in total. The quantitative estimate of drug-likeness (QED) is 0.110. The maximum Gasteiger partial charge on any atom is 0.373 e. The first-order chi connectivity index (χ1) is 31.0. The SMILES string of the molecule is C.CCCc1noc2ccc3cc(O)ccc3c12.O=C1CCC(c2noc3ccc4cc(O)ccc4c23)C(=O)C1.O=C1CCC(c2noc3ccc4cc(O)ccc4c23)C(=O)C1.O=C=O.[CH3-].[W]. The van der Waals surface area contributed by atoms with E-state index in [4.69, 9.17) is 23.2 Å². The zero-order valence-electron chi connectivity index (χ0n) is 35.7. The molecule has 0 saturated heterocycles. The molecule has 3 heterocycles. The van der Waals surface area contributed by atoms with E-state index in [1.165, 1.54) is 0 Å². The van der Waals surface area contributed by atoms with Crippen LogP contribution < -0.4 is 0 Å². The van der Waals surface area contributed by atoms with Gasteiger partial charge in [-0.15, -0.1) is 0 Å². The van der Waals surface area contributed by atoms with Gasteiger partial charge in [-0.2, -0.15) is 9.59 Å². The Morgan fingerprint density at radius 3 is 1.30 bits per heavy atom. The van der Waals surface area contributed by atoms with Crippen LogP contribution in [0.25, 0.3) is 65.2 Å². The van der Waals surface area contributed by atoms with Crippen LogP contribution in [0.3, 0.4) is 0 Å². The second kappa shape index (κ2) is 21.8. The van der Waals surface area contributed by atoms with Crippen molar-refractivity contribution < 1.29 is 78.7 Å². The summed E-state index contributed by atoms with van der Waals surface area (Å²) in [5, 5.41) is 49.3. The third kappa shape index (κ3) is 10.4. The number of aromatic hydroxyl groups is 3. The molecule has 67 heavy (non-hydrogen) atoms. The van der Waals surface area contributed by atoms with E-state index >= 15 is 0 Å². The number of aryl methyl sites for hydroxylation is 1. The average molecular weight is 1080 g/mol. The molecule has 9 aromatic rings. The maximum atomic E-state index is 12.2. The summed E-state index contributed by atoms with van der Waals surface area (Å²) in [4.78, 5) is 63.5. The fourth-order valence-electron chi connectivity index (χ4n) is 8.59. The summed E-state index contributed by atoms with van der Waals surface area (Å²) in [6.45, 7) is 2.12. The zero-order chi connectivity index (χ0) is 45.1. The molecule has 0 spiro atoms. The van der Waals surface area contributed by atoms with E-state index < -0.39 is 11.8 Å². The summed E-state index contributed by atoms with van der Waals surface area (Å²) in [6, 6.07) is 26.6. The summed E-state index contributed by atoms with van der Waals surface area (Å²) in [7, 11) is 0. The number of aromatic nitrogens is 3. The number of hydrogen-bond acceptors (Lipinski definition) is 15. The van der Waals surface area contributed by atoms with Crippen LogP contribution in [0.1, 0.15) is 88.2 Å². The molecular formula is C51H46N3O12W-. The van der Waals surface area contributed by atoms with Crippen molar-refractivity contribution in [1.29, 1.82) is 0 Å². The Balaban J connectivity index is 0.000000180. The molecule has 3 aromatic heterocycles. The number of hydrogen-bond donors (Lipinski definition) is 3. The van der Waals surface area contributed by atoms with Crippen molar-refractivity contribution in [2.45, 2.75) is 77.6 Å². The molecular weight excluding hydrogens is 1030 g/mol. The van der Waals surface area contributed by atoms with Gasteiger partial charge in [-0.05, 0) is 124 Å². The van der Waals surface area contributed by atoms with Crippen LogP contribution in [0.4, 0.5) is 0 Å². The Morgan fingerprint density at radius 1 is 0.567 bits per heavy atom. The topological polar surface area (TPSA) is 241 Å². The molecule has 2 fully saturated rings. The molecule has 2 aliphatic rings. The molecule has 6 aromatic carbocycles. The first-order valence-corrected chi connectivity index (χ1v) is 20.6. The van der Waals surface area contributed by atoms with Gasteiger partial charge in [0.25, 0.3) is 0 Å². The van der Waals surface area contributed by atoms with Crippen molar-refractivity contribution in [1.82, 2.24) is 15.5 Å². The number of rotatable bonds is 4. The summed E-state index contributed by atoms with van der Waals surface area (Å²) >= 11 is 0. The van der Waals surface area contributed by atoms with Crippen LogP contribution in [-0.4, -0.2) is 60.1 Å². The van der Waals surface area contributed by atoms with Crippen LogP contribution in [0.15, 0.2) is 105 Å². The van der Waals surface area contributed by atoms with Crippen molar-refractivity contribution in [3.63, 3.8) is 0 Å². The first-order valence-electron chi connectivity index (χ1n) is 20.6. The molecule has 2 saturated carbocycles. The van der Waals surface area contributed by atoms with Gasteiger partial charge in [0.05, 0.1) is 46.5 Å². The molecule has 15 nitrogen and oxygen atoms in total. The van der Waals surface area contributed by atoms with E-state index in [-0.39, 0.29) is 95.3 Å². The van der Waals surface area contributed by atoms with Gasteiger partial charge in [-0.1, -0.05) is 54.4 Å². The van der Waals surface area contributed by atoms with E-state index in [1.54, 1.807) is 60.7 Å². The summed E-state index contributed by atoms with van der Waals surface area (Å²) in [5.41, 5.74) is 4.23. The van der Waals surface area contributed by atoms with Crippen LogP contribution in [-0.2, 0) is 56.3 Å². The Labute approximate surface area is 397 Å². The second-order valence-electron chi connectivity index (χ2n) is 15.7. The predicted octanol–water partition coefficient (Wildman–Crippen LogP) is 10.3. The number of nitrogens with zero attached hydrogens (tertiary/aromatic N) is 3. The molecule has 2 atom stereocenters. The summed E-state index contributed by atoms with van der Waals surface area (Å²) in [6.07, 6.45) is 3.91. The van der Waals surface area contributed by atoms with E-state index in [9.17, 15) is 34.5 Å². The number of fused-ring (bicyclic) bond motifs is 9. The number of ketones is 4. The summed E-state index contributed by atoms with van der Waals surface area (Å²) < 4.78 is 16.1. The smallest absolute Gasteiger partial charge is 0.373 e. The number of phenols is 3. The number of carbonyl (C=O) groups is 4. The zero-order valence-corrected chi connectivity index (χ0v) is 38.7. The van der Waals surface area contributed by atoms with Gasteiger partial charge >= 0.3 is 6.15 Å². The van der Waals surface area contributed by atoms with Crippen molar-refractivity contribution in [3.05, 3.63) is 116 Å². The van der Waals surface area contributed by atoms with Gasteiger partial charge in [0.15, 0.2) is 16.7 Å². The van der Waals surface area contributed by atoms with Crippen molar-refractivity contribution in [3.8, 4) is 17.2 Å². The largest absolute Gasteiger partial charge is 0.508 e. The van der Waals surface area contributed by atoms with Crippen molar-refractivity contribution >= 4 is 94.5 Å². The molecule has 11 rings (SSSR count). The molecule has 2 unspecified atom stereocenters. The molecule has 2 aliphatic carbocycles. The third-order valence-electron chi connectivity index (χ3n) is 11.5. The summed E-state index contributed by atoms with van der Waals surface area (Å²) in [5.74, 6) is -0.340. The van der Waals surface area contributed by atoms with Gasteiger partial charge in [-0.25, -0.2) is 0 Å². The first kappa shape index (κ1) is 50.7. The maximum absolute atomic E-state index is 12.2. The van der Waals surface area contributed by atoms with E-state index in [0.29, 0.717) is 48.2 Å². The Bertz CT molecular complexity index is 3170. The van der Waals surface area contributed by atoms with E-state index in [2.05, 4.69) is 22.4 Å². The fourth-order valence-corrected chi connectivity index (χ4v) is 8.59. The minimum absolute atomic E-state index is 0. The van der Waals surface area contributed by atoms with Gasteiger partial charge in [0.2, 0.25) is 0 Å². The van der Waals surface area contributed by atoms with E-state index in [0.717, 1.165) is 72.6 Å². The Kier molecular flexibility index (Phi) is 16.5. The Hall–Kier alpha value is -7.34. The predicted molar refractivity (Wildman–Crippen MR) is 245 cm³/mol. The molecule has 0 bridgehead atoms. The molecule has 344 valence electrons.